The molecule has 0 spiro atoms. The third kappa shape index (κ3) is 14.5. The van der Waals surface area contributed by atoms with Crippen LogP contribution in [0.25, 0.3) is 0 Å². The van der Waals surface area contributed by atoms with E-state index in [4.69, 9.17) is 5.73 Å². The lowest BCUT2D eigenvalue weighted by molar-refractivity contribution is -0.148. The first-order chi connectivity index (χ1) is 24.2. The zero-order chi connectivity index (χ0) is 39.9. The number of carboxylic acids is 2. The van der Waals surface area contributed by atoms with Gasteiger partial charge >= 0.3 is 11.9 Å². The number of aliphatic hydroxyl groups excluding tert-OH is 3. The highest BCUT2D eigenvalue weighted by atomic mass is 32.2. The van der Waals surface area contributed by atoms with E-state index in [1.54, 1.807) is 20.1 Å². The van der Waals surface area contributed by atoms with Crippen LogP contribution in [-0.4, -0.2) is 157 Å². The Morgan fingerprint density at radius 2 is 1.33 bits per heavy atom. The van der Waals surface area contributed by atoms with E-state index in [0.717, 1.165) is 18.7 Å². The summed E-state index contributed by atoms with van der Waals surface area (Å²) in [7, 11) is 0. The Kier molecular flexibility index (Phi) is 19.6. The van der Waals surface area contributed by atoms with Crippen molar-refractivity contribution in [3.8, 4) is 0 Å². The predicted molar refractivity (Wildman–Crippen MR) is 185 cm³/mol. The summed E-state index contributed by atoms with van der Waals surface area (Å²) in [6.07, 6.45) is -1.72. The van der Waals surface area contributed by atoms with E-state index >= 15 is 0 Å². The van der Waals surface area contributed by atoms with Crippen molar-refractivity contribution >= 4 is 59.1 Å². The molecule has 1 aliphatic heterocycles. The fraction of sp³-hybridized carbons (Fsp3) is 0.742. The molecule has 0 bridgehead atoms. The zero-order valence-electron chi connectivity index (χ0n) is 29.9. The molecule has 21 heteroatoms. The number of rotatable bonds is 22. The highest BCUT2D eigenvalue weighted by Gasteiger charge is 2.42. The van der Waals surface area contributed by atoms with E-state index in [9.17, 15) is 63.9 Å². The number of likely N-dealkylation sites (tertiary alicyclic amines) is 1. The summed E-state index contributed by atoms with van der Waals surface area (Å²) in [5.74, 6) is -8.40. The third-order valence-electron chi connectivity index (χ3n) is 8.06. The van der Waals surface area contributed by atoms with Crippen molar-refractivity contribution in [2.75, 3.05) is 25.2 Å². The molecule has 1 aliphatic rings. The molecule has 1 fully saturated rings. The van der Waals surface area contributed by atoms with Gasteiger partial charge in [0.2, 0.25) is 35.4 Å². The molecule has 0 aromatic heterocycles. The number of hydrogen-bond acceptors (Lipinski definition) is 13. The normalized spacial score (nSPS) is 18.8. The van der Waals surface area contributed by atoms with E-state index < -0.39 is 115 Å². The van der Waals surface area contributed by atoms with Crippen LogP contribution in [0.3, 0.4) is 0 Å². The number of carboxylic acid groups (broad SMARTS) is 2. The maximum atomic E-state index is 13.6. The molecular weight excluding hydrogens is 710 g/mol. The third-order valence-corrected chi connectivity index (χ3v) is 8.70. The van der Waals surface area contributed by atoms with Gasteiger partial charge in [0.15, 0.2) is 6.04 Å². The summed E-state index contributed by atoms with van der Waals surface area (Å²) in [5, 5.41) is 60.0. The summed E-state index contributed by atoms with van der Waals surface area (Å²) in [6.45, 7) is 5.08. The van der Waals surface area contributed by atoms with Crippen molar-refractivity contribution in [1.29, 1.82) is 0 Å². The fourth-order valence-corrected chi connectivity index (χ4v) is 5.73. The Hall–Kier alpha value is -4.05. The highest BCUT2D eigenvalue weighted by Crippen LogP contribution is 2.20. The molecule has 12 N–H and O–H groups in total. The molecule has 0 saturated carbocycles. The molecule has 6 amide bonds. The molecule has 296 valence electrons. The van der Waals surface area contributed by atoms with Crippen LogP contribution in [0, 0.1) is 5.92 Å². The van der Waals surface area contributed by atoms with Gasteiger partial charge in [-0.15, -0.1) is 0 Å². The molecular formula is C31H53N7O13S. The minimum absolute atomic E-state index is 0.0153. The fourth-order valence-electron chi connectivity index (χ4n) is 5.26. The Morgan fingerprint density at radius 3 is 1.83 bits per heavy atom. The number of carbonyl (C=O) groups is 8. The van der Waals surface area contributed by atoms with E-state index in [2.05, 4.69) is 26.6 Å². The largest absolute Gasteiger partial charge is 0.481 e. The second-order valence-corrected chi connectivity index (χ2v) is 13.9. The van der Waals surface area contributed by atoms with Gasteiger partial charge in [-0.25, -0.2) is 4.79 Å². The zero-order valence-corrected chi connectivity index (χ0v) is 30.7. The van der Waals surface area contributed by atoms with Crippen LogP contribution in [0.4, 0.5) is 0 Å². The summed E-state index contributed by atoms with van der Waals surface area (Å²) >= 11 is 1.38. The summed E-state index contributed by atoms with van der Waals surface area (Å²) < 4.78 is 0. The van der Waals surface area contributed by atoms with Crippen LogP contribution in [0.5, 0.6) is 0 Å². The molecule has 1 heterocycles. The predicted octanol–water partition coefficient (Wildman–Crippen LogP) is -4.16. The monoisotopic (exact) mass is 763 g/mol. The van der Waals surface area contributed by atoms with Gasteiger partial charge in [0, 0.05) is 6.54 Å². The maximum absolute atomic E-state index is 13.6. The van der Waals surface area contributed by atoms with Crippen molar-refractivity contribution in [3.63, 3.8) is 0 Å². The number of hydrogen-bond donors (Lipinski definition) is 11. The SMILES string of the molecule is CSCC[C@H](NC(=O)[C@@H](N)CO)C(=O)N[C@@H](CC(C)C)C(=O)N[C@@H](CC(=O)O)C(=O)N[C@H](C(=O)N1CCC[C@H]1C(=O)N[C@H](C(=O)O)[C@@H](C)O)[C@@H](C)O. The van der Waals surface area contributed by atoms with Crippen LogP contribution >= 0.6 is 11.8 Å². The lowest BCUT2D eigenvalue weighted by atomic mass is 10.0. The Morgan fingerprint density at radius 1 is 0.788 bits per heavy atom. The highest BCUT2D eigenvalue weighted by molar-refractivity contribution is 7.98. The first kappa shape index (κ1) is 46.0. The van der Waals surface area contributed by atoms with Crippen LogP contribution < -0.4 is 32.3 Å². The molecule has 1 saturated heterocycles. The van der Waals surface area contributed by atoms with Crippen molar-refractivity contribution in [1.82, 2.24) is 31.5 Å². The van der Waals surface area contributed by atoms with Gasteiger partial charge in [0.05, 0.1) is 25.2 Å². The summed E-state index contributed by atoms with van der Waals surface area (Å²) in [4.78, 5) is 103. The maximum Gasteiger partial charge on any atom is 0.328 e. The van der Waals surface area contributed by atoms with Gasteiger partial charge in [0.1, 0.15) is 36.3 Å². The molecule has 52 heavy (non-hydrogen) atoms. The first-order valence-corrected chi connectivity index (χ1v) is 18.1. The van der Waals surface area contributed by atoms with Crippen LogP contribution in [0.15, 0.2) is 0 Å². The van der Waals surface area contributed by atoms with Crippen molar-refractivity contribution in [2.45, 2.75) is 114 Å². The standard InChI is InChI=1S/C31H53N7O13S/c1-14(2)11-19(34-26(45)18(8-10-52-5)33-25(44)17(32)13-39)27(46)35-20(12-22(42)43)28(47)36-23(15(3)40)30(49)38-9-6-7-21(38)29(48)37-24(16(4)41)31(50)51/h14-21,23-24,39-41H,6-13,32H2,1-5H3,(H,33,44)(H,34,45)(H,35,46)(H,36,47)(H,37,48)(H,42,43)(H,50,51)/t15-,16-,17+,18+,19+,20+,21+,23+,24+/m1/s1. The van der Waals surface area contributed by atoms with Gasteiger partial charge in [-0.2, -0.15) is 11.8 Å². The first-order valence-electron chi connectivity index (χ1n) is 16.7. The van der Waals surface area contributed by atoms with Gasteiger partial charge in [0.25, 0.3) is 0 Å². The van der Waals surface area contributed by atoms with Crippen molar-refractivity contribution in [2.24, 2.45) is 11.7 Å². The van der Waals surface area contributed by atoms with E-state index in [1.165, 1.54) is 11.8 Å². The molecule has 1 rings (SSSR count). The lowest BCUT2D eigenvalue weighted by Gasteiger charge is -2.31. The van der Waals surface area contributed by atoms with Crippen molar-refractivity contribution < 1.29 is 63.9 Å². The summed E-state index contributed by atoms with van der Waals surface area (Å²) in [6, 6.07) is -10.2. The number of nitrogens with one attached hydrogen (secondary N) is 5. The Labute approximate surface area is 305 Å². The van der Waals surface area contributed by atoms with Gasteiger partial charge in [-0.3, -0.25) is 33.6 Å². The van der Waals surface area contributed by atoms with E-state index in [1.807, 2.05) is 0 Å². The lowest BCUT2D eigenvalue weighted by Crippen LogP contribution is -2.62. The van der Waals surface area contributed by atoms with Gasteiger partial charge in [-0.05, 0) is 57.5 Å². The van der Waals surface area contributed by atoms with Gasteiger partial charge < -0.3 is 62.8 Å². The van der Waals surface area contributed by atoms with Gasteiger partial charge in [-0.1, -0.05) is 13.8 Å². The van der Waals surface area contributed by atoms with Crippen LogP contribution in [0.2, 0.25) is 0 Å². The quantitative estimate of drug-likeness (QED) is 0.0499. The minimum atomic E-state index is -1.82. The molecule has 0 radical (unpaired) electrons. The molecule has 20 nitrogen and oxygen atoms in total. The number of nitrogens with zero attached hydrogens (tertiary/aromatic N) is 1. The van der Waals surface area contributed by atoms with E-state index in [-0.39, 0.29) is 31.7 Å². The molecule has 0 aromatic rings. The molecule has 9 atom stereocenters. The summed E-state index contributed by atoms with van der Waals surface area (Å²) in [5.41, 5.74) is 5.56. The second-order valence-electron chi connectivity index (χ2n) is 13.0. The minimum Gasteiger partial charge on any atom is -0.481 e. The number of aliphatic hydroxyl groups is 3. The number of aliphatic carboxylic acids is 2. The Balaban J connectivity index is 3.24. The topological polar surface area (TPSA) is 327 Å². The van der Waals surface area contributed by atoms with Crippen LogP contribution in [0.1, 0.15) is 59.8 Å². The van der Waals surface area contributed by atoms with E-state index in [0.29, 0.717) is 12.2 Å². The molecule has 0 aromatic carbocycles. The number of nitrogens with two attached hydrogens (primary N) is 1. The molecule has 0 unspecified atom stereocenters. The Bertz CT molecular complexity index is 1290. The number of carbonyl (C=O) groups excluding carboxylic acids is 6. The average molecular weight is 764 g/mol. The molecule has 0 aliphatic carbocycles. The smallest absolute Gasteiger partial charge is 0.328 e. The van der Waals surface area contributed by atoms with Crippen LogP contribution in [-0.2, 0) is 38.4 Å². The number of thioether (sulfide) groups is 1. The second kappa shape index (κ2) is 22.1. The average Bonchev–Trinajstić information content (AvgIpc) is 3.55. The van der Waals surface area contributed by atoms with Crippen molar-refractivity contribution in [3.05, 3.63) is 0 Å². The number of amides is 6.